The Morgan fingerprint density at radius 2 is 1.60 bits per heavy atom. The third-order valence-electron chi connectivity index (χ3n) is 9.72. The van der Waals surface area contributed by atoms with E-state index in [1.807, 2.05) is 71.9 Å². The average Bonchev–Trinajstić information content (AvgIpc) is 3.48. The number of rotatable bonds is 24. The highest BCUT2D eigenvalue weighted by atomic mass is 16.6. The summed E-state index contributed by atoms with van der Waals surface area (Å²) in [6.07, 6.45) is 21.8. The first-order valence-electron chi connectivity index (χ1n) is 20.6. The van der Waals surface area contributed by atoms with Crippen LogP contribution in [-0.2, 0) is 38.2 Å². The second kappa shape index (κ2) is 26.0. The molecule has 2 rings (SSSR count). The van der Waals surface area contributed by atoms with E-state index in [9.17, 15) is 33.6 Å². The number of allylic oxidation sites excluding steroid dienone is 6. The summed E-state index contributed by atoms with van der Waals surface area (Å²) in [5.41, 5.74) is 1.05. The predicted molar refractivity (Wildman–Crippen MR) is 224 cm³/mol. The molecule has 58 heavy (non-hydrogen) atoms. The van der Waals surface area contributed by atoms with Gasteiger partial charge < -0.3 is 25.4 Å². The molecule has 0 spiro atoms. The molecule has 2 aliphatic rings. The first-order valence-corrected chi connectivity index (χ1v) is 20.6. The fraction of sp³-hybridized carbons (Fsp3) is 0.578. The van der Waals surface area contributed by atoms with Crippen LogP contribution in [0.5, 0.6) is 0 Å². The van der Waals surface area contributed by atoms with Gasteiger partial charge in [0.05, 0.1) is 6.04 Å². The van der Waals surface area contributed by atoms with Crippen LogP contribution in [0, 0.1) is 11.3 Å². The maximum absolute atomic E-state index is 13.3. The van der Waals surface area contributed by atoms with E-state index in [0.29, 0.717) is 70.2 Å². The topological polar surface area (TPSA) is 177 Å². The SMILES string of the molecule is C/C=C\C[C@@H](C/C=C\CC(=O)[C@@H](NC(=O)\C=C/C=C\C(C)=C\[C@H](C)[C@@H]1CC=C(C)C(=O)O1)C(C)(C)C)OC(=O)NCCCNC(=O)CCCCCN1C(=O)CCC1=O. The number of ketones is 1. The van der Waals surface area contributed by atoms with Crippen LogP contribution in [0.4, 0.5) is 4.79 Å². The Bertz CT molecular complexity index is 1600. The van der Waals surface area contributed by atoms with Crippen molar-refractivity contribution < 1.29 is 43.0 Å². The molecular weight excluding hydrogens is 741 g/mol. The lowest BCUT2D eigenvalue weighted by Crippen LogP contribution is -2.48. The van der Waals surface area contributed by atoms with Crippen LogP contribution in [0.3, 0.4) is 0 Å². The minimum Gasteiger partial charge on any atom is -0.458 e. The van der Waals surface area contributed by atoms with Gasteiger partial charge in [-0.2, -0.15) is 0 Å². The highest BCUT2D eigenvalue weighted by Crippen LogP contribution is 2.23. The van der Waals surface area contributed by atoms with Crippen LogP contribution in [0.25, 0.3) is 0 Å². The number of amides is 5. The van der Waals surface area contributed by atoms with Crippen molar-refractivity contribution in [3.8, 4) is 0 Å². The predicted octanol–water partition coefficient (Wildman–Crippen LogP) is 6.66. The summed E-state index contributed by atoms with van der Waals surface area (Å²) in [5.74, 6) is -1.12. The fourth-order valence-electron chi connectivity index (χ4n) is 6.31. The number of ether oxygens (including phenoxy) is 2. The van der Waals surface area contributed by atoms with E-state index in [2.05, 4.69) is 16.0 Å². The lowest BCUT2D eigenvalue weighted by atomic mass is 9.83. The molecule has 13 heteroatoms. The van der Waals surface area contributed by atoms with Crippen molar-refractivity contribution in [2.45, 2.75) is 137 Å². The van der Waals surface area contributed by atoms with Gasteiger partial charge in [-0.05, 0) is 45.4 Å². The van der Waals surface area contributed by atoms with Crippen molar-refractivity contribution in [2.24, 2.45) is 11.3 Å². The van der Waals surface area contributed by atoms with Crippen LogP contribution in [0.1, 0.15) is 119 Å². The third kappa shape index (κ3) is 19.4. The van der Waals surface area contributed by atoms with Gasteiger partial charge in [0.2, 0.25) is 23.6 Å². The molecule has 0 saturated carbocycles. The molecule has 2 heterocycles. The molecule has 0 aromatic carbocycles. The Morgan fingerprint density at radius 1 is 0.931 bits per heavy atom. The van der Waals surface area contributed by atoms with Crippen molar-refractivity contribution in [2.75, 3.05) is 19.6 Å². The fourth-order valence-corrected chi connectivity index (χ4v) is 6.31. The number of nitrogens with one attached hydrogen (secondary N) is 3. The average molecular weight is 807 g/mol. The molecule has 5 amide bonds. The number of Topliss-reactive ketones (excluding diaryl/α,β-unsaturated/α-hetero) is 1. The standard InChI is InChI=1S/C45H66N4O9/c1-8-9-19-35(57-44(56)47-29-17-28-46-38(51)22-11-10-16-30-49-40(53)26-27-41(49)54)20-13-14-21-36(50)42(45(5,6)7)48-39(52)23-15-12-18-32(2)31-34(4)37-25-24-33(3)43(55)58-37/h8-9,12-15,18,23-24,31,34-35,37,42H,10-11,16-17,19-22,25-30H2,1-7H3,(H,46,51)(H,47,56)(H,48,52)/b9-8-,14-13-,18-12-,23-15-,32-31+/t34-,35-,37-,42+/m0/s1. The van der Waals surface area contributed by atoms with Crippen LogP contribution < -0.4 is 16.0 Å². The number of hydrogen-bond acceptors (Lipinski definition) is 9. The van der Waals surface area contributed by atoms with Gasteiger partial charge in [-0.25, -0.2) is 9.59 Å². The summed E-state index contributed by atoms with van der Waals surface area (Å²) in [6, 6.07) is -0.729. The van der Waals surface area contributed by atoms with Crippen LogP contribution in [0.2, 0.25) is 0 Å². The Labute approximate surface area is 344 Å². The summed E-state index contributed by atoms with van der Waals surface area (Å²) in [7, 11) is 0. The maximum Gasteiger partial charge on any atom is 0.407 e. The van der Waals surface area contributed by atoms with E-state index in [-0.39, 0.29) is 66.7 Å². The zero-order chi connectivity index (χ0) is 43.1. The van der Waals surface area contributed by atoms with Crippen LogP contribution in [0.15, 0.2) is 71.9 Å². The van der Waals surface area contributed by atoms with Crippen molar-refractivity contribution >= 4 is 41.5 Å². The number of unbranched alkanes of at least 4 members (excludes halogenated alkanes) is 2. The molecule has 0 unspecified atom stereocenters. The molecule has 0 aliphatic carbocycles. The van der Waals surface area contributed by atoms with Crippen molar-refractivity contribution in [1.82, 2.24) is 20.9 Å². The summed E-state index contributed by atoms with van der Waals surface area (Å²) in [5, 5.41) is 8.40. The lowest BCUT2D eigenvalue weighted by molar-refractivity contribution is -0.147. The summed E-state index contributed by atoms with van der Waals surface area (Å²) in [4.78, 5) is 87.2. The maximum atomic E-state index is 13.3. The van der Waals surface area contributed by atoms with E-state index in [4.69, 9.17) is 9.47 Å². The Hall–Kier alpha value is -5.07. The molecular formula is C45H66N4O9. The number of hydrogen-bond donors (Lipinski definition) is 3. The van der Waals surface area contributed by atoms with E-state index in [0.717, 1.165) is 12.0 Å². The summed E-state index contributed by atoms with van der Waals surface area (Å²) >= 11 is 0. The lowest BCUT2D eigenvalue weighted by Gasteiger charge is -2.29. The zero-order valence-corrected chi connectivity index (χ0v) is 35.6. The Morgan fingerprint density at radius 3 is 2.28 bits per heavy atom. The Balaban J connectivity index is 1.72. The van der Waals surface area contributed by atoms with E-state index in [1.165, 1.54) is 11.0 Å². The first kappa shape index (κ1) is 49.1. The number of carbonyl (C=O) groups is 7. The number of cyclic esters (lactones) is 1. The second-order valence-electron chi connectivity index (χ2n) is 16.0. The van der Waals surface area contributed by atoms with Gasteiger partial charge in [0, 0.05) is 82.1 Å². The first-order chi connectivity index (χ1) is 27.5. The zero-order valence-electron chi connectivity index (χ0n) is 35.6. The van der Waals surface area contributed by atoms with Crippen LogP contribution in [-0.4, -0.2) is 84.3 Å². The van der Waals surface area contributed by atoms with Gasteiger partial charge in [0.25, 0.3) is 0 Å². The monoisotopic (exact) mass is 806 g/mol. The molecule has 4 atom stereocenters. The quantitative estimate of drug-likeness (QED) is 0.0241. The molecule has 0 aromatic rings. The molecule has 3 N–H and O–H groups in total. The second-order valence-corrected chi connectivity index (χ2v) is 16.0. The minimum atomic E-state index is -0.729. The number of likely N-dealkylation sites (tertiary alicyclic amines) is 1. The number of esters is 1. The number of carbonyl (C=O) groups excluding carboxylic acids is 7. The van der Waals surface area contributed by atoms with E-state index >= 15 is 0 Å². The van der Waals surface area contributed by atoms with Gasteiger partial charge in [-0.1, -0.05) is 94.4 Å². The number of alkyl carbamates (subject to hydrolysis) is 1. The van der Waals surface area contributed by atoms with Gasteiger partial charge in [0.1, 0.15) is 12.2 Å². The molecule has 0 bridgehead atoms. The molecule has 1 fully saturated rings. The molecule has 320 valence electrons. The van der Waals surface area contributed by atoms with Gasteiger partial charge in [0.15, 0.2) is 5.78 Å². The van der Waals surface area contributed by atoms with Crippen molar-refractivity contribution in [3.05, 3.63) is 71.9 Å². The van der Waals surface area contributed by atoms with E-state index < -0.39 is 23.7 Å². The molecule has 13 nitrogen and oxygen atoms in total. The highest BCUT2D eigenvalue weighted by molar-refractivity contribution is 6.01. The number of imide groups is 1. The van der Waals surface area contributed by atoms with Crippen LogP contribution >= 0.6 is 0 Å². The molecule has 1 saturated heterocycles. The van der Waals surface area contributed by atoms with Crippen molar-refractivity contribution in [1.29, 1.82) is 0 Å². The van der Waals surface area contributed by atoms with Crippen molar-refractivity contribution in [3.63, 3.8) is 0 Å². The molecule has 2 aliphatic heterocycles. The van der Waals surface area contributed by atoms with Gasteiger partial charge in [-0.15, -0.1) is 0 Å². The summed E-state index contributed by atoms with van der Waals surface area (Å²) in [6.45, 7) is 14.4. The highest BCUT2D eigenvalue weighted by Gasteiger charge is 2.31. The molecule has 0 aromatic heterocycles. The summed E-state index contributed by atoms with van der Waals surface area (Å²) < 4.78 is 11.1. The largest absolute Gasteiger partial charge is 0.458 e. The van der Waals surface area contributed by atoms with Gasteiger partial charge >= 0.3 is 12.1 Å². The smallest absolute Gasteiger partial charge is 0.407 e. The third-order valence-corrected chi connectivity index (χ3v) is 9.72. The Kier molecular flexibility index (Phi) is 22.0. The number of nitrogens with zero attached hydrogens (tertiary/aromatic N) is 1. The molecule has 0 radical (unpaired) electrons. The minimum absolute atomic E-state index is 0.0259. The normalized spacial score (nSPS) is 18.2. The van der Waals surface area contributed by atoms with Gasteiger partial charge in [-0.3, -0.25) is 28.9 Å². The van der Waals surface area contributed by atoms with E-state index in [1.54, 1.807) is 31.2 Å².